The van der Waals surface area contributed by atoms with Gasteiger partial charge in [0, 0.05) is 11.1 Å². The molecule has 1 heterocycles. The number of nitrogens with one attached hydrogen (secondary N) is 1. The zero-order valence-corrected chi connectivity index (χ0v) is 11.9. The number of thiazole rings is 1. The normalized spacial score (nSPS) is 9.45. The lowest BCUT2D eigenvalue weighted by molar-refractivity contribution is 0.141. The highest BCUT2D eigenvalue weighted by molar-refractivity contribution is 7.12. The van der Waals surface area contributed by atoms with Crippen molar-refractivity contribution in [3.8, 4) is 11.8 Å². The van der Waals surface area contributed by atoms with Crippen molar-refractivity contribution in [2.24, 2.45) is 0 Å². The van der Waals surface area contributed by atoms with Crippen molar-refractivity contribution < 1.29 is 9.53 Å². The summed E-state index contributed by atoms with van der Waals surface area (Å²) in [6.45, 7) is 2.47. The number of aromatic nitrogens is 1. The van der Waals surface area contributed by atoms with Crippen LogP contribution in [0.4, 0.5) is 4.79 Å². The Balaban J connectivity index is 1.69. The largest absolute Gasteiger partial charge is 0.445 e. The molecule has 0 spiro atoms. The highest BCUT2D eigenvalue weighted by Crippen LogP contribution is 2.08. The minimum absolute atomic E-state index is 0.242. The monoisotopic (exact) mass is 286 g/mol. The molecule has 1 aromatic carbocycles. The van der Waals surface area contributed by atoms with Crippen LogP contribution in [0.15, 0.2) is 36.5 Å². The van der Waals surface area contributed by atoms with E-state index in [9.17, 15) is 4.79 Å². The van der Waals surface area contributed by atoms with E-state index in [1.54, 1.807) is 6.20 Å². The van der Waals surface area contributed by atoms with Gasteiger partial charge in [0.2, 0.25) is 0 Å². The third-order valence-electron chi connectivity index (χ3n) is 2.35. The van der Waals surface area contributed by atoms with Crippen molar-refractivity contribution in [3.63, 3.8) is 0 Å². The number of carbonyl (C=O) groups is 1. The molecule has 0 atom stereocenters. The maximum atomic E-state index is 11.4. The number of aryl methyl sites for hydroxylation is 1. The Kier molecular flexibility index (Phi) is 5.15. The third-order valence-corrected chi connectivity index (χ3v) is 3.18. The molecule has 0 aliphatic carbocycles. The molecule has 0 bridgehead atoms. The molecule has 102 valence electrons. The summed E-state index contributed by atoms with van der Waals surface area (Å²) in [5.74, 6) is 5.71. The van der Waals surface area contributed by atoms with E-state index in [1.165, 1.54) is 11.3 Å². The second-order valence-electron chi connectivity index (χ2n) is 3.99. The zero-order valence-electron chi connectivity index (χ0n) is 11.1. The molecule has 0 saturated heterocycles. The quantitative estimate of drug-likeness (QED) is 0.883. The summed E-state index contributed by atoms with van der Waals surface area (Å²) in [5.41, 5.74) is 0.951. The molecule has 5 heteroatoms. The fraction of sp³-hybridized carbons (Fsp3) is 0.200. The Morgan fingerprint density at radius 1 is 1.40 bits per heavy atom. The summed E-state index contributed by atoms with van der Waals surface area (Å²) in [7, 11) is 0. The molecule has 1 amide bonds. The fourth-order valence-corrected chi connectivity index (χ4v) is 2.06. The topological polar surface area (TPSA) is 51.2 Å². The highest BCUT2D eigenvalue weighted by atomic mass is 32.1. The molecule has 2 aromatic rings. The van der Waals surface area contributed by atoms with Crippen molar-refractivity contribution in [1.82, 2.24) is 10.3 Å². The smallest absolute Gasteiger partial charge is 0.408 e. The second-order valence-corrected chi connectivity index (χ2v) is 5.23. The molecular weight excluding hydrogens is 272 g/mol. The number of hydrogen-bond acceptors (Lipinski definition) is 4. The molecular formula is C15H14N2O2S. The Hall–Kier alpha value is -2.32. The van der Waals surface area contributed by atoms with E-state index in [0.717, 1.165) is 15.4 Å². The van der Waals surface area contributed by atoms with Crippen LogP contribution in [0.25, 0.3) is 0 Å². The van der Waals surface area contributed by atoms with Crippen molar-refractivity contribution in [2.45, 2.75) is 13.5 Å². The first-order chi connectivity index (χ1) is 9.74. The first kappa shape index (κ1) is 14.1. The molecule has 0 unspecified atom stereocenters. The molecule has 20 heavy (non-hydrogen) atoms. The number of hydrogen-bond donors (Lipinski definition) is 1. The molecule has 4 nitrogen and oxygen atoms in total. The van der Waals surface area contributed by atoms with E-state index in [2.05, 4.69) is 22.1 Å². The van der Waals surface area contributed by atoms with Gasteiger partial charge in [0.15, 0.2) is 5.01 Å². The molecule has 0 aliphatic heterocycles. The van der Waals surface area contributed by atoms with E-state index < -0.39 is 6.09 Å². The fourth-order valence-electron chi connectivity index (χ4n) is 1.42. The Morgan fingerprint density at radius 3 is 2.90 bits per heavy atom. The van der Waals surface area contributed by atoms with Gasteiger partial charge in [-0.1, -0.05) is 36.3 Å². The maximum Gasteiger partial charge on any atom is 0.408 e. The molecule has 2 rings (SSSR count). The van der Waals surface area contributed by atoms with Gasteiger partial charge in [0.05, 0.1) is 6.54 Å². The van der Waals surface area contributed by atoms with Crippen LogP contribution in [0.2, 0.25) is 0 Å². The van der Waals surface area contributed by atoms with Gasteiger partial charge in [-0.15, -0.1) is 11.3 Å². The second kappa shape index (κ2) is 7.31. The van der Waals surface area contributed by atoms with Crippen molar-refractivity contribution in [2.75, 3.05) is 6.54 Å². The van der Waals surface area contributed by atoms with Crippen LogP contribution >= 0.6 is 11.3 Å². The van der Waals surface area contributed by atoms with Gasteiger partial charge in [0.1, 0.15) is 6.61 Å². The van der Waals surface area contributed by atoms with Crippen LogP contribution in [-0.4, -0.2) is 17.6 Å². The summed E-state index contributed by atoms with van der Waals surface area (Å²) >= 11 is 1.53. The number of amides is 1. The number of carbonyl (C=O) groups excluding carboxylic acids is 1. The number of nitrogens with zero attached hydrogens (tertiary/aromatic N) is 1. The van der Waals surface area contributed by atoms with E-state index in [4.69, 9.17) is 4.74 Å². The third kappa shape index (κ3) is 4.75. The summed E-state index contributed by atoms with van der Waals surface area (Å²) in [6.07, 6.45) is 1.30. The van der Waals surface area contributed by atoms with Crippen molar-refractivity contribution in [1.29, 1.82) is 0 Å². The van der Waals surface area contributed by atoms with E-state index in [-0.39, 0.29) is 13.2 Å². The van der Waals surface area contributed by atoms with Crippen LogP contribution in [0.5, 0.6) is 0 Å². The predicted molar refractivity (Wildman–Crippen MR) is 78.4 cm³/mol. The average Bonchev–Trinajstić information content (AvgIpc) is 2.88. The molecule has 1 N–H and O–H groups in total. The Bertz CT molecular complexity index is 626. The van der Waals surface area contributed by atoms with Gasteiger partial charge in [-0.3, -0.25) is 0 Å². The molecule has 0 radical (unpaired) electrons. The molecule has 0 saturated carbocycles. The average molecular weight is 286 g/mol. The lowest BCUT2D eigenvalue weighted by atomic mass is 10.2. The molecule has 0 aliphatic rings. The van der Waals surface area contributed by atoms with Crippen LogP contribution in [0, 0.1) is 18.8 Å². The Morgan fingerprint density at radius 2 is 2.20 bits per heavy atom. The van der Waals surface area contributed by atoms with Gasteiger partial charge < -0.3 is 10.1 Å². The lowest BCUT2D eigenvalue weighted by Crippen LogP contribution is -2.24. The van der Waals surface area contributed by atoms with Gasteiger partial charge in [-0.05, 0) is 18.4 Å². The molecule has 1 aromatic heterocycles. The van der Waals surface area contributed by atoms with E-state index in [0.29, 0.717) is 0 Å². The SMILES string of the molecule is Cc1cnc(C#CCNC(=O)OCc2ccccc2)s1. The first-order valence-electron chi connectivity index (χ1n) is 6.10. The summed E-state index contributed by atoms with van der Waals surface area (Å²) in [5, 5.41) is 3.32. The van der Waals surface area contributed by atoms with Gasteiger partial charge in [-0.2, -0.15) is 0 Å². The summed E-state index contributed by atoms with van der Waals surface area (Å²) in [6, 6.07) is 9.52. The first-order valence-corrected chi connectivity index (χ1v) is 6.91. The van der Waals surface area contributed by atoms with Gasteiger partial charge in [0.25, 0.3) is 0 Å². The number of alkyl carbamates (subject to hydrolysis) is 1. The maximum absolute atomic E-state index is 11.4. The van der Waals surface area contributed by atoms with Crippen molar-refractivity contribution >= 4 is 17.4 Å². The van der Waals surface area contributed by atoms with Gasteiger partial charge in [-0.25, -0.2) is 9.78 Å². The lowest BCUT2D eigenvalue weighted by Gasteiger charge is -2.04. The summed E-state index contributed by atoms with van der Waals surface area (Å²) in [4.78, 5) is 16.6. The highest BCUT2D eigenvalue weighted by Gasteiger charge is 2.00. The predicted octanol–water partition coefficient (Wildman–Crippen LogP) is 2.73. The van der Waals surface area contributed by atoms with Crippen LogP contribution in [0.1, 0.15) is 15.4 Å². The minimum atomic E-state index is -0.474. The number of ether oxygens (including phenoxy) is 1. The van der Waals surface area contributed by atoms with Crippen LogP contribution in [-0.2, 0) is 11.3 Å². The number of rotatable bonds is 3. The van der Waals surface area contributed by atoms with E-state index in [1.807, 2.05) is 37.3 Å². The van der Waals surface area contributed by atoms with Gasteiger partial charge >= 0.3 is 6.09 Å². The zero-order chi connectivity index (χ0) is 14.2. The standard InChI is InChI=1S/C15H14N2O2S/c1-12-10-17-14(20-12)8-5-9-16-15(18)19-11-13-6-3-2-4-7-13/h2-4,6-7,10H,9,11H2,1H3,(H,16,18). The summed E-state index contributed by atoms with van der Waals surface area (Å²) < 4.78 is 5.05. The molecule has 0 fully saturated rings. The van der Waals surface area contributed by atoms with Crippen LogP contribution < -0.4 is 5.32 Å². The number of benzene rings is 1. The van der Waals surface area contributed by atoms with Crippen LogP contribution in [0.3, 0.4) is 0 Å². The van der Waals surface area contributed by atoms with Crippen molar-refractivity contribution in [3.05, 3.63) is 52.0 Å². The Labute approximate surface area is 121 Å². The minimum Gasteiger partial charge on any atom is -0.445 e. The van der Waals surface area contributed by atoms with E-state index >= 15 is 0 Å².